The van der Waals surface area contributed by atoms with Gasteiger partial charge in [0.2, 0.25) is 0 Å². The van der Waals surface area contributed by atoms with Gasteiger partial charge in [0.05, 0.1) is 11.1 Å². The number of benzene rings is 1. The molecule has 0 aliphatic carbocycles. The number of alkyl halides is 5. The van der Waals surface area contributed by atoms with Crippen molar-refractivity contribution in [1.29, 1.82) is 0 Å². The van der Waals surface area contributed by atoms with Gasteiger partial charge in [-0.05, 0) is 28.1 Å². The van der Waals surface area contributed by atoms with Crippen LogP contribution in [0.1, 0.15) is 28.8 Å². The largest absolute Gasteiger partial charge is 0.419 e. The number of amides is 1. The minimum Gasteiger partial charge on any atom is -0.338 e. The van der Waals surface area contributed by atoms with Gasteiger partial charge in [-0.2, -0.15) is 13.2 Å². The number of halogens is 7. The molecule has 1 saturated heterocycles. The molecule has 1 aromatic rings. The van der Waals surface area contributed by atoms with E-state index in [-0.39, 0.29) is 17.6 Å². The zero-order valence-corrected chi connectivity index (χ0v) is 12.6. The Morgan fingerprint density at radius 3 is 2.23 bits per heavy atom. The van der Waals surface area contributed by atoms with Gasteiger partial charge < -0.3 is 4.90 Å². The Bertz CT molecular complexity index is 591. The number of piperidine rings is 1. The molecule has 1 aromatic carbocycles. The lowest BCUT2D eigenvalue weighted by Crippen LogP contribution is -2.43. The molecule has 0 radical (unpaired) electrons. The number of hydrogen-bond acceptors (Lipinski definition) is 1. The molecular formula is C13H10BrF6NO. The maximum Gasteiger partial charge on any atom is 0.419 e. The summed E-state index contributed by atoms with van der Waals surface area (Å²) >= 11 is 2.83. The van der Waals surface area contributed by atoms with Crippen LogP contribution in [0.3, 0.4) is 0 Å². The molecule has 9 heteroatoms. The fourth-order valence-corrected chi connectivity index (χ4v) is 2.64. The lowest BCUT2D eigenvalue weighted by molar-refractivity contribution is -0.140. The second-order valence-corrected chi connectivity index (χ2v) is 5.78. The van der Waals surface area contributed by atoms with Gasteiger partial charge in [0, 0.05) is 30.4 Å². The third-order valence-corrected chi connectivity index (χ3v) is 4.05. The zero-order chi connectivity index (χ0) is 16.7. The number of likely N-dealkylation sites (tertiary alicyclic amines) is 1. The van der Waals surface area contributed by atoms with Crippen LogP contribution in [0.25, 0.3) is 0 Å². The third kappa shape index (κ3) is 3.39. The first-order chi connectivity index (χ1) is 10.0. The van der Waals surface area contributed by atoms with Crippen LogP contribution in [0.15, 0.2) is 16.6 Å². The first-order valence-electron chi connectivity index (χ1n) is 6.25. The van der Waals surface area contributed by atoms with Gasteiger partial charge in [0.15, 0.2) is 0 Å². The van der Waals surface area contributed by atoms with Crippen LogP contribution >= 0.6 is 15.9 Å². The molecular weight excluding hydrogens is 380 g/mol. The van der Waals surface area contributed by atoms with Gasteiger partial charge >= 0.3 is 6.18 Å². The molecule has 0 unspecified atom stereocenters. The van der Waals surface area contributed by atoms with Gasteiger partial charge in [-0.15, -0.1) is 0 Å². The van der Waals surface area contributed by atoms with E-state index in [9.17, 15) is 31.1 Å². The minimum absolute atomic E-state index is 0.152. The summed E-state index contributed by atoms with van der Waals surface area (Å²) in [6.45, 7) is -0.679. The van der Waals surface area contributed by atoms with Gasteiger partial charge in [-0.1, -0.05) is 0 Å². The Labute approximate surface area is 130 Å². The first kappa shape index (κ1) is 17.1. The van der Waals surface area contributed by atoms with Gasteiger partial charge in [0.25, 0.3) is 11.8 Å². The van der Waals surface area contributed by atoms with Crippen molar-refractivity contribution in [3.05, 3.63) is 33.5 Å². The Morgan fingerprint density at radius 2 is 1.73 bits per heavy atom. The van der Waals surface area contributed by atoms with E-state index in [1.165, 1.54) is 0 Å². The molecule has 1 aliphatic heterocycles. The molecule has 0 atom stereocenters. The van der Waals surface area contributed by atoms with Crippen LogP contribution in [0, 0.1) is 5.82 Å². The second kappa shape index (κ2) is 5.75. The highest BCUT2D eigenvalue weighted by Crippen LogP contribution is 2.36. The SMILES string of the molecule is O=C(c1c(Br)ccc(C(F)(F)F)c1F)N1CCC(F)(F)CC1. The second-order valence-electron chi connectivity index (χ2n) is 4.93. The van der Waals surface area contributed by atoms with Crippen molar-refractivity contribution < 1.29 is 31.1 Å². The highest BCUT2D eigenvalue weighted by molar-refractivity contribution is 9.10. The van der Waals surface area contributed by atoms with E-state index in [1.54, 1.807) is 0 Å². The molecule has 1 fully saturated rings. The number of hydrogen-bond donors (Lipinski definition) is 0. The summed E-state index contributed by atoms with van der Waals surface area (Å²) in [6, 6.07) is 1.43. The maximum atomic E-state index is 14.0. The van der Waals surface area contributed by atoms with Gasteiger partial charge in [-0.25, -0.2) is 13.2 Å². The van der Waals surface area contributed by atoms with E-state index < -0.39 is 47.8 Å². The molecule has 0 N–H and O–H groups in total. The van der Waals surface area contributed by atoms with Crippen molar-refractivity contribution in [1.82, 2.24) is 4.90 Å². The number of nitrogens with zero attached hydrogens (tertiary/aromatic N) is 1. The Morgan fingerprint density at radius 1 is 1.18 bits per heavy atom. The molecule has 2 nitrogen and oxygen atoms in total. The fraction of sp³-hybridized carbons (Fsp3) is 0.462. The van der Waals surface area contributed by atoms with Crippen molar-refractivity contribution in [3.8, 4) is 0 Å². The summed E-state index contributed by atoms with van der Waals surface area (Å²) in [6.07, 6.45) is -6.15. The standard InChI is InChI=1S/C13H10BrF6NO/c14-8-2-1-7(13(18,19)20)10(15)9(8)11(22)21-5-3-12(16,17)4-6-21/h1-2H,3-6H2. The average molecular weight is 390 g/mol. The first-order valence-corrected chi connectivity index (χ1v) is 7.04. The number of carbonyl (C=O) groups excluding carboxylic acids is 1. The summed E-state index contributed by atoms with van der Waals surface area (Å²) in [5.41, 5.74) is -2.36. The summed E-state index contributed by atoms with van der Waals surface area (Å²) < 4.78 is 78.1. The Kier molecular flexibility index (Phi) is 4.47. The lowest BCUT2D eigenvalue weighted by Gasteiger charge is -2.32. The highest BCUT2D eigenvalue weighted by Gasteiger charge is 2.39. The molecule has 0 bridgehead atoms. The number of carbonyl (C=O) groups is 1. The number of rotatable bonds is 1. The topological polar surface area (TPSA) is 20.3 Å². The van der Waals surface area contributed by atoms with Crippen molar-refractivity contribution in [2.24, 2.45) is 0 Å². The van der Waals surface area contributed by atoms with Gasteiger partial charge in [-0.3, -0.25) is 4.79 Å². The molecule has 122 valence electrons. The summed E-state index contributed by atoms with van der Waals surface area (Å²) in [7, 11) is 0. The molecule has 2 rings (SSSR count). The van der Waals surface area contributed by atoms with E-state index in [2.05, 4.69) is 15.9 Å². The molecule has 22 heavy (non-hydrogen) atoms. The van der Waals surface area contributed by atoms with Crippen LogP contribution in [0.2, 0.25) is 0 Å². The molecule has 1 amide bonds. The van der Waals surface area contributed by atoms with Crippen LogP contribution in [0.5, 0.6) is 0 Å². The smallest absolute Gasteiger partial charge is 0.338 e. The van der Waals surface area contributed by atoms with Crippen molar-refractivity contribution in [2.75, 3.05) is 13.1 Å². The summed E-state index contributed by atoms with van der Waals surface area (Å²) in [5, 5.41) is 0. The van der Waals surface area contributed by atoms with E-state index in [4.69, 9.17) is 0 Å². The predicted octanol–water partition coefficient (Wildman–Crippen LogP) is 4.48. The van der Waals surface area contributed by atoms with Crippen molar-refractivity contribution in [3.63, 3.8) is 0 Å². The Hall–Kier alpha value is -1.25. The molecule has 1 heterocycles. The van der Waals surface area contributed by atoms with Crippen LogP contribution < -0.4 is 0 Å². The van der Waals surface area contributed by atoms with E-state index in [0.29, 0.717) is 6.07 Å². The molecule has 1 aliphatic rings. The molecule has 0 spiro atoms. The summed E-state index contributed by atoms with van der Waals surface area (Å²) in [5.74, 6) is -5.66. The predicted molar refractivity (Wildman–Crippen MR) is 69.2 cm³/mol. The van der Waals surface area contributed by atoms with Crippen LogP contribution in [-0.2, 0) is 6.18 Å². The van der Waals surface area contributed by atoms with Crippen molar-refractivity contribution >= 4 is 21.8 Å². The Balaban J connectivity index is 2.34. The lowest BCUT2D eigenvalue weighted by atomic mass is 10.0. The zero-order valence-electron chi connectivity index (χ0n) is 11.0. The average Bonchev–Trinajstić information content (AvgIpc) is 2.36. The normalized spacial score (nSPS) is 18.4. The maximum absolute atomic E-state index is 14.0. The monoisotopic (exact) mass is 389 g/mol. The van der Waals surface area contributed by atoms with Gasteiger partial charge in [0.1, 0.15) is 5.82 Å². The summed E-state index contributed by atoms with van der Waals surface area (Å²) in [4.78, 5) is 13.1. The molecule has 0 aromatic heterocycles. The quantitative estimate of drug-likeness (QED) is 0.648. The third-order valence-electron chi connectivity index (χ3n) is 3.39. The van der Waals surface area contributed by atoms with E-state index >= 15 is 0 Å². The van der Waals surface area contributed by atoms with Crippen molar-refractivity contribution in [2.45, 2.75) is 24.9 Å². The van der Waals surface area contributed by atoms with E-state index in [0.717, 1.165) is 11.0 Å². The highest BCUT2D eigenvalue weighted by atomic mass is 79.9. The fourth-order valence-electron chi connectivity index (χ4n) is 2.16. The minimum atomic E-state index is -4.95. The van der Waals surface area contributed by atoms with Crippen LogP contribution in [0.4, 0.5) is 26.3 Å². The van der Waals surface area contributed by atoms with E-state index in [1.807, 2.05) is 0 Å². The van der Waals surface area contributed by atoms with Crippen LogP contribution in [-0.4, -0.2) is 29.8 Å². The molecule has 0 saturated carbocycles.